The Hall–Kier alpha value is -2.91. The Morgan fingerprint density at radius 2 is 2.07 bits per heavy atom. The molecule has 150 valence electrons. The van der Waals surface area contributed by atoms with E-state index < -0.39 is 0 Å². The Labute approximate surface area is 175 Å². The first-order valence-corrected chi connectivity index (χ1v) is 10.8. The van der Waals surface area contributed by atoms with Crippen LogP contribution < -0.4 is 14.8 Å². The van der Waals surface area contributed by atoms with Crippen LogP contribution in [0.1, 0.15) is 20.9 Å². The van der Waals surface area contributed by atoms with Gasteiger partial charge in [-0.15, -0.1) is 0 Å². The van der Waals surface area contributed by atoms with Gasteiger partial charge in [0.2, 0.25) is 0 Å². The number of amides is 2. The number of benzene rings is 1. The van der Waals surface area contributed by atoms with Crippen LogP contribution in [0.5, 0.6) is 11.5 Å². The Bertz CT molecular complexity index is 1020. The summed E-state index contributed by atoms with van der Waals surface area (Å²) in [4.78, 5) is 32.1. The van der Waals surface area contributed by atoms with Gasteiger partial charge in [0, 0.05) is 23.2 Å². The molecule has 3 heterocycles. The number of fused-ring (bicyclic) bond motifs is 1. The van der Waals surface area contributed by atoms with Crippen molar-refractivity contribution in [3.05, 3.63) is 57.2 Å². The molecule has 0 saturated carbocycles. The molecule has 29 heavy (non-hydrogen) atoms. The monoisotopic (exact) mass is 429 g/mol. The third kappa shape index (κ3) is 4.41. The number of carbonyl (C=O) groups excluding carboxylic acids is 2. The number of nitrogens with one attached hydrogen (secondary N) is 1. The lowest BCUT2D eigenvalue weighted by Crippen LogP contribution is -2.38. The maximum atomic E-state index is 12.6. The third-order valence-electron chi connectivity index (χ3n) is 4.51. The molecule has 0 fully saturated rings. The molecule has 2 aromatic heterocycles. The van der Waals surface area contributed by atoms with Gasteiger partial charge in [-0.05, 0) is 23.6 Å². The number of carbonyl (C=O) groups is 2. The van der Waals surface area contributed by atoms with Gasteiger partial charge in [0.25, 0.3) is 11.8 Å². The fraction of sp³-hybridized carbons (Fsp3) is 0.250. The van der Waals surface area contributed by atoms with Crippen molar-refractivity contribution >= 4 is 39.6 Å². The number of methoxy groups -OCH3 is 1. The van der Waals surface area contributed by atoms with E-state index in [2.05, 4.69) is 10.3 Å². The molecule has 0 unspecified atom stereocenters. The molecule has 0 radical (unpaired) electrons. The standard InChI is InChI=1S/C20H19N3O4S2/c1-26-15-4-2-3-5-16(15)27-11-18(24)23-8-6-14-17(10-23)29-20(21-14)22-19(25)13-7-9-28-12-13/h2-5,7,9,12H,6,8,10-11H2,1H3,(H,21,22,25). The van der Waals surface area contributed by atoms with E-state index in [1.807, 2.05) is 17.5 Å². The van der Waals surface area contributed by atoms with Gasteiger partial charge in [-0.1, -0.05) is 23.5 Å². The number of thiazole rings is 1. The average Bonchev–Trinajstić information content (AvgIpc) is 3.41. The second-order valence-corrected chi connectivity index (χ2v) is 8.22. The van der Waals surface area contributed by atoms with Crippen molar-refractivity contribution in [1.82, 2.24) is 9.88 Å². The zero-order valence-electron chi connectivity index (χ0n) is 15.7. The summed E-state index contributed by atoms with van der Waals surface area (Å²) in [5, 5.41) is 7.06. The van der Waals surface area contributed by atoms with Crippen LogP contribution in [-0.4, -0.2) is 42.0 Å². The van der Waals surface area contributed by atoms with Crippen LogP contribution in [0.4, 0.5) is 5.13 Å². The quantitative estimate of drug-likeness (QED) is 0.649. The van der Waals surface area contributed by atoms with E-state index >= 15 is 0 Å². The van der Waals surface area contributed by atoms with Gasteiger partial charge in [0.1, 0.15) is 0 Å². The zero-order chi connectivity index (χ0) is 20.2. The van der Waals surface area contributed by atoms with E-state index in [1.54, 1.807) is 35.6 Å². The summed E-state index contributed by atoms with van der Waals surface area (Å²) in [7, 11) is 1.56. The molecule has 7 nitrogen and oxygen atoms in total. The number of rotatable bonds is 6. The second kappa shape index (κ2) is 8.62. The predicted molar refractivity (Wildman–Crippen MR) is 112 cm³/mol. The highest BCUT2D eigenvalue weighted by Gasteiger charge is 2.25. The molecular weight excluding hydrogens is 410 g/mol. The zero-order valence-corrected chi connectivity index (χ0v) is 17.3. The van der Waals surface area contributed by atoms with Crippen LogP contribution in [0.15, 0.2) is 41.1 Å². The molecule has 0 bridgehead atoms. The Kier molecular flexibility index (Phi) is 5.77. The molecule has 9 heteroatoms. The molecule has 1 aromatic carbocycles. The minimum Gasteiger partial charge on any atom is -0.493 e. The van der Waals surface area contributed by atoms with E-state index in [1.165, 1.54) is 22.7 Å². The molecule has 1 aliphatic rings. The first kappa shape index (κ1) is 19.4. The lowest BCUT2D eigenvalue weighted by Gasteiger charge is -2.26. The van der Waals surface area contributed by atoms with Gasteiger partial charge in [0.05, 0.1) is 24.9 Å². The number of para-hydroxylation sites is 2. The molecule has 0 aliphatic carbocycles. The van der Waals surface area contributed by atoms with E-state index in [-0.39, 0.29) is 18.4 Å². The van der Waals surface area contributed by atoms with Crippen molar-refractivity contribution in [2.75, 3.05) is 25.6 Å². The maximum absolute atomic E-state index is 12.6. The molecule has 1 aliphatic heterocycles. The largest absolute Gasteiger partial charge is 0.493 e. The van der Waals surface area contributed by atoms with Gasteiger partial charge in [-0.2, -0.15) is 11.3 Å². The number of hydrogen-bond acceptors (Lipinski definition) is 7. The first-order valence-electron chi connectivity index (χ1n) is 9.00. The van der Waals surface area contributed by atoms with E-state index in [0.29, 0.717) is 41.7 Å². The maximum Gasteiger partial charge on any atom is 0.260 e. The smallest absolute Gasteiger partial charge is 0.260 e. The van der Waals surface area contributed by atoms with E-state index in [9.17, 15) is 9.59 Å². The normalized spacial score (nSPS) is 12.9. The summed E-state index contributed by atoms with van der Waals surface area (Å²) in [5.41, 5.74) is 1.55. The van der Waals surface area contributed by atoms with E-state index in [0.717, 1.165) is 10.6 Å². The van der Waals surface area contributed by atoms with E-state index in [4.69, 9.17) is 9.47 Å². The van der Waals surface area contributed by atoms with Crippen LogP contribution in [-0.2, 0) is 17.8 Å². The second-order valence-electron chi connectivity index (χ2n) is 6.36. The lowest BCUT2D eigenvalue weighted by atomic mass is 10.2. The van der Waals surface area contributed by atoms with Crippen molar-refractivity contribution in [3.63, 3.8) is 0 Å². The summed E-state index contributed by atoms with van der Waals surface area (Å²) < 4.78 is 10.9. The van der Waals surface area contributed by atoms with Crippen LogP contribution in [0.2, 0.25) is 0 Å². The van der Waals surface area contributed by atoms with Gasteiger partial charge < -0.3 is 14.4 Å². The summed E-state index contributed by atoms with van der Waals surface area (Å²) in [6.45, 7) is 0.981. The van der Waals surface area contributed by atoms with Crippen LogP contribution in [0, 0.1) is 0 Å². The number of ether oxygens (including phenoxy) is 2. The predicted octanol–water partition coefficient (Wildman–Crippen LogP) is 3.43. The van der Waals surface area contributed by atoms with Crippen molar-refractivity contribution in [2.24, 2.45) is 0 Å². The van der Waals surface area contributed by atoms with Crippen molar-refractivity contribution in [1.29, 1.82) is 0 Å². The van der Waals surface area contributed by atoms with Crippen molar-refractivity contribution in [3.8, 4) is 11.5 Å². The lowest BCUT2D eigenvalue weighted by molar-refractivity contribution is -0.134. The van der Waals surface area contributed by atoms with Gasteiger partial charge >= 0.3 is 0 Å². The number of anilines is 1. The minimum atomic E-state index is -0.171. The molecule has 4 rings (SSSR count). The third-order valence-corrected chi connectivity index (χ3v) is 6.19. The summed E-state index contributed by atoms with van der Waals surface area (Å²) in [5.74, 6) is 0.862. The summed E-state index contributed by atoms with van der Waals surface area (Å²) in [6, 6.07) is 9.01. The molecule has 0 spiro atoms. The van der Waals surface area contributed by atoms with Gasteiger partial charge in [-0.25, -0.2) is 4.98 Å². The summed E-state index contributed by atoms with van der Waals surface area (Å²) >= 11 is 2.88. The molecule has 0 saturated heterocycles. The first-order chi connectivity index (χ1) is 14.1. The number of hydrogen-bond donors (Lipinski definition) is 1. The van der Waals surface area contributed by atoms with Crippen LogP contribution >= 0.6 is 22.7 Å². The molecule has 2 amide bonds. The fourth-order valence-electron chi connectivity index (χ4n) is 2.99. The highest BCUT2D eigenvalue weighted by Crippen LogP contribution is 2.29. The highest BCUT2D eigenvalue weighted by molar-refractivity contribution is 7.16. The number of thiophene rings is 1. The summed E-state index contributed by atoms with van der Waals surface area (Å²) in [6.07, 6.45) is 0.653. The Morgan fingerprint density at radius 3 is 2.83 bits per heavy atom. The molecule has 0 atom stereocenters. The fourth-order valence-corrected chi connectivity index (χ4v) is 4.65. The molecule has 3 aromatic rings. The van der Waals surface area contributed by atoms with Crippen LogP contribution in [0.25, 0.3) is 0 Å². The van der Waals surface area contributed by atoms with Gasteiger partial charge in [-0.3, -0.25) is 14.9 Å². The minimum absolute atomic E-state index is 0.0593. The number of aromatic nitrogens is 1. The molecule has 1 N–H and O–H groups in total. The van der Waals surface area contributed by atoms with Gasteiger partial charge in [0.15, 0.2) is 23.2 Å². The molecular formula is C20H19N3O4S2. The average molecular weight is 430 g/mol. The van der Waals surface area contributed by atoms with Crippen molar-refractivity contribution < 1.29 is 19.1 Å². The Morgan fingerprint density at radius 1 is 1.24 bits per heavy atom. The topological polar surface area (TPSA) is 80.8 Å². The SMILES string of the molecule is COc1ccccc1OCC(=O)N1CCc2nc(NC(=O)c3ccsc3)sc2C1. The van der Waals surface area contributed by atoms with Crippen LogP contribution in [0.3, 0.4) is 0 Å². The number of nitrogens with zero attached hydrogens (tertiary/aromatic N) is 2. The van der Waals surface area contributed by atoms with Crippen molar-refractivity contribution in [2.45, 2.75) is 13.0 Å². The highest BCUT2D eigenvalue weighted by atomic mass is 32.1. The Balaban J connectivity index is 1.36.